The molecule has 2 amide bonds. The molecule has 1 atom stereocenters. The normalized spacial score (nSPS) is 17.3. The van der Waals surface area contributed by atoms with Gasteiger partial charge in [-0.2, -0.15) is 4.31 Å². The van der Waals surface area contributed by atoms with E-state index in [9.17, 15) is 22.4 Å². The van der Waals surface area contributed by atoms with Gasteiger partial charge in [-0.15, -0.1) is 0 Å². The summed E-state index contributed by atoms with van der Waals surface area (Å²) in [5, 5.41) is 4.71. The molecule has 2 aromatic rings. The van der Waals surface area contributed by atoms with Gasteiger partial charge in [-0.1, -0.05) is 36.8 Å². The lowest BCUT2D eigenvalue weighted by Gasteiger charge is -2.34. The molecular formula is C21H24FN3O4S. The number of hydrogen-bond acceptors (Lipinski definition) is 4. The Balaban J connectivity index is 1.57. The molecule has 0 saturated carbocycles. The lowest BCUT2D eigenvalue weighted by atomic mass is 10.0. The maximum Gasteiger partial charge on any atom is 0.313 e. The van der Waals surface area contributed by atoms with E-state index in [1.165, 1.54) is 22.5 Å². The minimum Gasteiger partial charge on any atom is -0.348 e. The third kappa shape index (κ3) is 5.22. The highest BCUT2D eigenvalue weighted by Gasteiger charge is 2.33. The average Bonchev–Trinajstić information content (AvgIpc) is 2.76. The Morgan fingerprint density at radius 3 is 2.43 bits per heavy atom. The molecule has 3 rings (SSSR count). The van der Waals surface area contributed by atoms with Crippen LogP contribution in [0, 0.1) is 5.82 Å². The zero-order chi connectivity index (χ0) is 21.6. The van der Waals surface area contributed by atoms with E-state index in [2.05, 4.69) is 10.6 Å². The second-order valence-electron chi connectivity index (χ2n) is 7.06. The summed E-state index contributed by atoms with van der Waals surface area (Å²) in [6, 6.07) is 13.5. The summed E-state index contributed by atoms with van der Waals surface area (Å²) < 4.78 is 41.0. The Labute approximate surface area is 175 Å². The van der Waals surface area contributed by atoms with Crippen molar-refractivity contribution in [1.29, 1.82) is 0 Å². The average molecular weight is 434 g/mol. The molecule has 1 aliphatic heterocycles. The first-order valence-corrected chi connectivity index (χ1v) is 11.2. The summed E-state index contributed by atoms with van der Waals surface area (Å²) in [5.41, 5.74) is -0.0786. The van der Waals surface area contributed by atoms with Gasteiger partial charge in [-0.05, 0) is 43.5 Å². The Kier molecular flexibility index (Phi) is 7.17. The molecule has 1 heterocycles. The molecular weight excluding hydrogens is 409 g/mol. The van der Waals surface area contributed by atoms with Crippen molar-refractivity contribution in [2.45, 2.75) is 36.6 Å². The zero-order valence-electron chi connectivity index (χ0n) is 16.4. The summed E-state index contributed by atoms with van der Waals surface area (Å²) in [5.74, 6) is -2.51. The molecule has 1 fully saturated rings. The Morgan fingerprint density at radius 2 is 1.70 bits per heavy atom. The minimum atomic E-state index is -3.62. The number of sulfonamides is 1. The fourth-order valence-corrected chi connectivity index (χ4v) is 5.23. The number of hydrogen-bond donors (Lipinski definition) is 2. The lowest BCUT2D eigenvalue weighted by molar-refractivity contribution is -0.136. The van der Waals surface area contributed by atoms with Crippen LogP contribution >= 0.6 is 0 Å². The van der Waals surface area contributed by atoms with E-state index in [0.717, 1.165) is 12.8 Å². The number of amides is 2. The van der Waals surface area contributed by atoms with Crippen LogP contribution in [0.15, 0.2) is 59.5 Å². The molecule has 0 spiro atoms. The molecule has 30 heavy (non-hydrogen) atoms. The molecule has 2 N–H and O–H groups in total. The molecule has 2 aromatic carbocycles. The van der Waals surface area contributed by atoms with Crippen molar-refractivity contribution in [3.05, 3.63) is 60.4 Å². The predicted molar refractivity (Wildman–Crippen MR) is 111 cm³/mol. The van der Waals surface area contributed by atoms with Crippen molar-refractivity contribution in [3.8, 4) is 0 Å². The summed E-state index contributed by atoms with van der Waals surface area (Å²) >= 11 is 0. The molecule has 0 aliphatic carbocycles. The van der Waals surface area contributed by atoms with E-state index in [0.29, 0.717) is 19.4 Å². The Morgan fingerprint density at radius 1 is 1.00 bits per heavy atom. The maximum atomic E-state index is 13.6. The van der Waals surface area contributed by atoms with Crippen LogP contribution in [0.25, 0.3) is 0 Å². The van der Waals surface area contributed by atoms with Crippen molar-refractivity contribution in [2.75, 3.05) is 18.4 Å². The van der Waals surface area contributed by atoms with Gasteiger partial charge in [-0.25, -0.2) is 12.8 Å². The fraction of sp³-hybridized carbons (Fsp3) is 0.333. The highest BCUT2D eigenvalue weighted by Crippen LogP contribution is 2.26. The largest absolute Gasteiger partial charge is 0.348 e. The number of carbonyl (C=O) groups excluding carboxylic acids is 2. The van der Waals surface area contributed by atoms with Crippen LogP contribution in [-0.4, -0.2) is 43.7 Å². The van der Waals surface area contributed by atoms with Gasteiger partial charge >= 0.3 is 11.8 Å². The number of para-hydroxylation sites is 1. The second kappa shape index (κ2) is 9.82. The van der Waals surface area contributed by atoms with E-state index in [-0.39, 0.29) is 23.2 Å². The van der Waals surface area contributed by atoms with Gasteiger partial charge in [0, 0.05) is 19.1 Å². The first-order chi connectivity index (χ1) is 14.4. The molecule has 1 aliphatic rings. The van der Waals surface area contributed by atoms with Crippen LogP contribution in [0.4, 0.5) is 10.1 Å². The second-order valence-corrected chi connectivity index (χ2v) is 8.95. The molecule has 1 saturated heterocycles. The predicted octanol–water partition coefficient (Wildman–Crippen LogP) is 2.51. The molecule has 0 bridgehead atoms. The smallest absolute Gasteiger partial charge is 0.313 e. The van der Waals surface area contributed by atoms with Crippen LogP contribution in [0.3, 0.4) is 0 Å². The van der Waals surface area contributed by atoms with Gasteiger partial charge in [0.2, 0.25) is 10.0 Å². The fourth-order valence-electron chi connectivity index (χ4n) is 3.48. The van der Waals surface area contributed by atoms with Gasteiger partial charge in [0.1, 0.15) is 5.82 Å². The van der Waals surface area contributed by atoms with Gasteiger partial charge < -0.3 is 10.6 Å². The summed E-state index contributed by atoms with van der Waals surface area (Å²) in [7, 11) is -3.62. The van der Waals surface area contributed by atoms with Crippen molar-refractivity contribution in [1.82, 2.24) is 9.62 Å². The van der Waals surface area contributed by atoms with Crippen molar-refractivity contribution < 1.29 is 22.4 Å². The Bertz CT molecular complexity index is 998. The summed E-state index contributed by atoms with van der Waals surface area (Å²) in [4.78, 5) is 24.2. The van der Waals surface area contributed by atoms with Crippen LogP contribution in [0.1, 0.15) is 25.7 Å². The third-order valence-corrected chi connectivity index (χ3v) is 6.98. The monoisotopic (exact) mass is 433 g/mol. The van der Waals surface area contributed by atoms with Crippen molar-refractivity contribution in [3.63, 3.8) is 0 Å². The number of nitrogens with zero attached hydrogens (tertiary/aromatic N) is 1. The molecule has 160 valence electrons. The molecule has 0 unspecified atom stereocenters. The van der Waals surface area contributed by atoms with Gasteiger partial charge in [0.05, 0.1) is 10.6 Å². The van der Waals surface area contributed by atoms with Gasteiger partial charge in [0.25, 0.3) is 0 Å². The molecule has 0 aromatic heterocycles. The van der Waals surface area contributed by atoms with Gasteiger partial charge in [-0.3, -0.25) is 9.59 Å². The van der Waals surface area contributed by atoms with Crippen LogP contribution < -0.4 is 10.6 Å². The highest BCUT2D eigenvalue weighted by molar-refractivity contribution is 7.89. The molecule has 0 radical (unpaired) electrons. The standard InChI is InChI=1S/C21H24FN3O4S/c22-18-11-4-5-12-19(18)24-21(27)20(26)23-14-13-16-8-6-7-15-25(16)30(28,29)17-9-2-1-3-10-17/h1-5,9-12,16H,6-8,13-15H2,(H,23,26)(H,24,27)/t16-/m1/s1. The highest BCUT2D eigenvalue weighted by atomic mass is 32.2. The number of benzene rings is 2. The minimum absolute atomic E-state index is 0.0786. The Hall–Kier alpha value is -2.78. The molecule has 7 nitrogen and oxygen atoms in total. The number of halogens is 1. The van der Waals surface area contributed by atoms with E-state index in [1.54, 1.807) is 36.4 Å². The van der Waals surface area contributed by atoms with Gasteiger partial charge in [0.15, 0.2) is 0 Å². The first kappa shape index (κ1) is 21.9. The first-order valence-electron chi connectivity index (χ1n) is 9.80. The van der Waals surface area contributed by atoms with Crippen LogP contribution in [-0.2, 0) is 19.6 Å². The van der Waals surface area contributed by atoms with E-state index < -0.39 is 27.7 Å². The topological polar surface area (TPSA) is 95.6 Å². The SMILES string of the molecule is O=C(NCC[C@H]1CCCCN1S(=O)(=O)c1ccccc1)C(=O)Nc1ccccc1F. The van der Waals surface area contributed by atoms with E-state index in [1.807, 2.05) is 0 Å². The van der Waals surface area contributed by atoms with E-state index in [4.69, 9.17) is 0 Å². The molecule has 9 heteroatoms. The lowest BCUT2D eigenvalue weighted by Crippen LogP contribution is -2.45. The number of anilines is 1. The number of carbonyl (C=O) groups is 2. The quantitative estimate of drug-likeness (QED) is 0.685. The van der Waals surface area contributed by atoms with Crippen LogP contribution in [0.5, 0.6) is 0 Å². The maximum absolute atomic E-state index is 13.6. The van der Waals surface area contributed by atoms with Crippen LogP contribution in [0.2, 0.25) is 0 Å². The summed E-state index contributed by atoms with van der Waals surface area (Å²) in [6.45, 7) is 0.554. The number of nitrogens with one attached hydrogen (secondary N) is 2. The zero-order valence-corrected chi connectivity index (χ0v) is 17.2. The number of piperidine rings is 1. The van der Waals surface area contributed by atoms with Crippen molar-refractivity contribution >= 4 is 27.5 Å². The van der Waals surface area contributed by atoms with E-state index >= 15 is 0 Å². The van der Waals surface area contributed by atoms with Crippen molar-refractivity contribution in [2.24, 2.45) is 0 Å². The third-order valence-electron chi connectivity index (χ3n) is 5.01. The number of rotatable bonds is 6. The summed E-state index contributed by atoms with van der Waals surface area (Å²) in [6.07, 6.45) is 2.74.